The van der Waals surface area contributed by atoms with Crippen molar-refractivity contribution in [3.63, 3.8) is 0 Å². The minimum absolute atomic E-state index is 0.164. The van der Waals surface area contributed by atoms with E-state index in [-0.39, 0.29) is 5.91 Å². The Morgan fingerprint density at radius 3 is 2.19 bits per heavy atom. The highest BCUT2D eigenvalue weighted by atomic mass is 16.5. The number of aryl methyl sites for hydroxylation is 1. The van der Waals surface area contributed by atoms with E-state index in [2.05, 4.69) is 0 Å². The first-order valence-corrected chi connectivity index (χ1v) is 8.24. The Morgan fingerprint density at radius 2 is 1.65 bits per heavy atom. The van der Waals surface area contributed by atoms with Crippen molar-refractivity contribution in [1.82, 2.24) is 0 Å². The third-order valence-electron chi connectivity index (χ3n) is 4.08. The van der Waals surface area contributed by atoms with Crippen LogP contribution in [0.5, 0.6) is 11.5 Å². The molecule has 0 unspecified atom stereocenters. The van der Waals surface area contributed by atoms with Gasteiger partial charge in [0, 0.05) is 17.3 Å². The average Bonchev–Trinajstić information content (AvgIpc) is 3.19. The molecular formula is C21H21NO4. The average molecular weight is 351 g/mol. The minimum Gasteiger partial charge on any atom is -0.497 e. The van der Waals surface area contributed by atoms with Gasteiger partial charge in [-0.2, -0.15) is 0 Å². The molecule has 0 saturated carbocycles. The Hall–Kier alpha value is -3.21. The number of carbonyl (C=O) groups is 1. The lowest BCUT2D eigenvalue weighted by atomic mass is 10.1. The van der Waals surface area contributed by atoms with Gasteiger partial charge in [-0.3, -0.25) is 4.79 Å². The topological polar surface area (TPSA) is 51.9 Å². The Balaban J connectivity index is 2.00. The molecule has 5 heteroatoms. The Kier molecular flexibility index (Phi) is 5.27. The van der Waals surface area contributed by atoms with Crippen molar-refractivity contribution < 1.29 is 18.7 Å². The Morgan fingerprint density at radius 1 is 1.00 bits per heavy atom. The van der Waals surface area contributed by atoms with Crippen molar-refractivity contribution in [2.45, 2.75) is 13.5 Å². The summed E-state index contributed by atoms with van der Waals surface area (Å²) in [4.78, 5) is 14.9. The molecule has 1 aromatic heterocycles. The predicted octanol–water partition coefficient (Wildman–Crippen LogP) is 4.45. The summed E-state index contributed by atoms with van der Waals surface area (Å²) in [5, 5.41) is 0. The zero-order chi connectivity index (χ0) is 18.5. The summed E-state index contributed by atoms with van der Waals surface area (Å²) < 4.78 is 16.0. The molecule has 26 heavy (non-hydrogen) atoms. The SMILES string of the molecule is COc1cc(OC)cc(C(=O)N(Cc2ccco2)c2ccc(C)cc2)c1. The summed E-state index contributed by atoms with van der Waals surface area (Å²) in [6.45, 7) is 2.34. The molecule has 3 rings (SSSR count). The monoisotopic (exact) mass is 351 g/mol. The van der Waals surface area contributed by atoms with Gasteiger partial charge in [-0.15, -0.1) is 0 Å². The fourth-order valence-electron chi connectivity index (χ4n) is 2.65. The van der Waals surface area contributed by atoms with Crippen LogP contribution in [-0.2, 0) is 6.54 Å². The zero-order valence-corrected chi connectivity index (χ0v) is 15.1. The lowest BCUT2D eigenvalue weighted by Crippen LogP contribution is -2.30. The van der Waals surface area contributed by atoms with Crippen molar-refractivity contribution >= 4 is 11.6 Å². The number of nitrogens with zero attached hydrogens (tertiary/aromatic N) is 1. The number of amides is 1. The van der Waals surface area contributed by atoms with Gasteiger partial charge in [0.25, 0.3) is 5.91 Å². The molecule has 0 aliphatic rings. The molecule has 0 aliphatic carbocycles. The standard InChI is InChI=1S/C21H21NO4/c1-15-6-8-17(9-7-15)22(14-18-5-4-10-26-18)21(23)16-11-19(24-2)13-20(12-16)25-3/h4-13H,14H2,1-3H3. The normalized spacial score (nSPS) is 10.4. The minimum atomic E-state index is -0.164. The molecule has 0 N–H and O–H groups in total. The number of rotatable bonds is 6. The smallest absolute Gasteiger partial charge is 0.258 e. The predicted molar refractivity (Wildman–Crippen MR) is 99.9 cm³/mol. The van der Waals surface area contributed by atoms with Gasteiger partial charge in [0.05, 0.1) is 27.0 Å². The van der Waals surface area contributed by atoms with Gasteiger partial charge in [0.15, 0.2) is 0 Å². The molecule has 3 aromatic rings. The molecular weight excluding hydrogens is 330 g/mol. The number of ether oxygens (including phenoxy) is 2. The second-order valence-corrected chi connectivity index (χ2v) is 5.91. The third kappa shape index (κ3) is 3.88. The van der Waals surface area contributed by atoms with Gasteiger partial charge in [-0.25, -0.2) is 0 Å². The van der Waals surface area contributed by atoms with Crippen LogP contribution in [0.1, 0.15) is 21.7 Å². The molecule has 5 nitrogen and oxygen atoms in total. The molecule has 0 spiro atoms. The van der Waals surface area contributed by atoms with Gasteiger partial charge in [0.2, 0.25) is 0 Å². The summed E-state index contributed by atoms with van der Waals surface area (Å²) >= 11 is 0. The van der Waals surface area contributed by atoms with Crippen LogP contribution in [0.2, 0.25) is 0 Å². The molecule has 1 heterocycles. The highest BCUT2D eigenvalue weighted by Gasteiger charge is 2.21. The first-order valence-electron chi connectivity index (χ1n) is 8.24. The highest BCUT2D eigenvalue weighted by molar-refractivity contribution is 6.06. The van der Waals surface area contributed by atoms with Crippen LogP contribution >= 0.6 is 0 Å². The van der Waals surface area contributed by atoms with Crippen LogP contribution in [0.25, 0.3) is 0 Å². The second kappa shape index (κ2) is 7.78. The summed E-state index contributed by atoms with van der Waals surface area (Å²) in [6, 6.07) is 16.6. The van der Waals surface area contributed by atoms with E-state index in [0.29, 0.717) is 29.4 Å². The number of anilines is 1. The highest BCUT2D eigenvalue weighted by Crippen LogP contribution is 2.26. The van der Waals surface area contributed by atoms with Crippen molar-refractivity contribution in [3.8, 4) is 11.5 Å². The molecule has 1 amide bonds. The van der Waals surface area contributed by atoms with E-state index < -0.39 is 0 Å². The van der Waals surface area contributed by atoms with Crippen molar-refractivity contribution in [1.29, 1.82) is 0 Å². The van der Waals surface area contributed by atoms with E-state index in [1.54, 1.807) is 43.6 Å². The molecule has 134 valence electrons. The number of carbonyl (C=O) groups excluding carboxylic acids is 1. The van der Waals surface area contributed by atoms with Crippen LogP contribution in [0.4, 0.5) is 5.69 Å². The lowest BCUT2D eigenvalue weighted by molar-refractivity contribution is 0.0982. The van der Waals surface area contributed by atoms with E-state index in [4.69, 9.17) is 13.9 Å². The van der Waals surface area contributed by atoms with Gasteiger partial charge in [0.1, 0.15) is 17.3 Å². The van der Waals surface area contributed by atoms with E-state index >= 15 is 0 Å². The van der Waals surface area contributed by atoms with Crippen LogP contribution in [-0.4, -0.2) is 20.1 Å². The zero-order valence-electron chi connectivity index (χ0n) is 15.1. The number of benzene rings is 2. The van der Waals surface area contributed by atoms with E-state index in [1.165, 1.54) is 0 Å². The quantitative estimate of drug-likeness (QED) is 0.658. The molecule has 0 atom stereocenters. The fraction of sp³-hybridized carbons (Fsp3) is 0.190. The summed E-state index contributed by atoms with van der Waals surface area (Å²) in [5.41, 5.74) is 2.40. The number of hydrogen-bond acceptors (Lipinski definition) is 4. The first-order chi connectivity index (χ1) is 12.6. The van der Waals surface area contributed by atoms with Crippen LogP contribution < -0.4 is 14.4 Å². The maximum atomic E-state index is 13.3. The maximum Gasteiger partial charge on any atom is 0.258 e. The van der Waals surface area contributed by atoms with Crippen LogP contribution in [0.3, 0.4) is 0 Å². The van der Waals surface area contributed by atoms with Crippen molar-refractivity contribution in [2.24, 2.45) is 0 Å². The van der Waals surface area contributed by atoms with Gasteiger partial charge in [-0.05, 0) is 43.3 Å². The van der Waals surface area contributed by atoms with E-state index in [1.807, 2.05) is 43.3 Å². The van der Waals surface area contributed by atoms with E-state index in [9.17, 15) is 4.79 Å². The van der Waals surface area contributed by atoms with Crippen LogP contribution in [0.15, 0.2) is 65.3 Å². The van der Waals surface area contributed by atoms with Crippen molar-refractivity contribution in [2.75, 3.05) is 19.1 Å². The molecule has 0 radical (unpaired) electrons. The molecule has 0 fully saturated rings. The maximum absolute atomic E-state index is 13.3. The second-order valence-electron chi connectivity index (χ2n) is 5.91. The lowest BCUT2D eigenvalue weighted by Gasteiger charge is -2.22. The summed E-state index contributed by atoms with van der Waals surface area (Å²) in [5.74, 6) is 1.67. The molecule has 2 aromatic carbocycles. The van der Waals surface area contributed by atoms with Crippen LogP contribution in [0, 0.1) is 6.92 Å². The van der Waals surface area contributed by atoms with Gasteiger partial charge < -0.3 is 18.8 Å². The summed E-state index contributed by atoms with van der Waals surface area (Å²) in [7, 11) is 3.12. The fourth-order valence-corrected chi connectivity index (χ4v) is 2.65. The number of furan rings is 1. The number of methoxy groups -OCH3 is 2. The van der Waals surface area contributed by atoms with Crippen molar-refractivity contribution in [3.05, 3.63) is 77.7 Å². The van der Waals surface area contributed by atoms with E-state index in [0.717, 1.165) is 11.3 Å². The first kappa shape index (κ1) is 17.6. The Labute approximate surface area is 152 Å². The van der Waals surface area contributed by atoms with Gasteiger partial charge >= 0.3 is 0 Å². The largest absolute Gasteiger partial charge is 0.497 e. The van der Waals surface area contributed by atoms with Gasteiger partial charge in [-0.1, -0.05) is 17.7 Å². The summed E-state index contributed by atoms with van der Waals surface area (Å²) in [6.07, 6.45) is 1.60. The number of hydrogen-bond donors (Lipinski definition) is 0. The molecule has 0 bridgehead atoms. The Bertz CT molecular complexity index is 847. The third-order valence-corrected chi connectivity index (χ3v) is 4.08. The molecule has 0 saturated heterocycles. The molecule has 0 aliphatic heterocycles.